The third kappa shape index (κ3) is 4.47. The summed E-state index contributed by atoms with van der Waals surface area (Å²) >= 11 is 2.77. The van der Waals surface area contributed by atoms with E-state index in [4.69, 9.17) is 9.40 Å². The third-order valence-corrected chi connectivity index (χ3v) is 7.90. The van der Waals surface area contributed by atoms with Gasteiger partial charge in [0.15, 0.2) is 5.16 Å². The highest BCUT2D eigenvalue weighted by Crippen LogP contribution is 2.35. The predicted octanol–water partition coefficient (Wildman–Crippen LogP) is 5.16. The number of thiophene rings is 1. The maximum Gasteiger partial charge on any atom is 0.263 e. The molecular formula is C24H22FN3O3S2. The highest BCUT2D eigenvalue weighted by molar-refractivity contribution is 7.99. The number of hydrogen-bond donors (Lipinski definition) is 1. The van der Waals surface area contributed by atoms with Crippen molar-refractivity contribution in [3.8, 4) is 0 Å². The zero-order valence-electron chi connectivity index (χ0n) is 18.0. The van der Waals surface area contributed by atoms with E-state index < -0.39 is 5.82 Å². The number of nitrogens with zero attached hydrogens (tertiary/aromatic N) is 2. The number of anilines is 1. The molecule has 0 radical (unpaired) electrons. The van der Waals surface area contributed by atoms with Crippen molar-refractivity contribution < 1.29 is 13.6 Å². The number of rotatable bonds is 6. The summed E-state index contributed by atoms with van der Waals surface area (Å²) in [6.07, 6.45) is 5.65. The molecule has 1 N–H and O–H groups in total. The molecule has 1 aromatic carbocycles. The zero-order chi connectivity index (χ0) is 22.9. The number of amides is 1. The fraction of sp³-hybridized carbons (Fsp3) is 0.292. The quantitative estimate of drug-likeness (QED) is 0.303. The Hall–Kier alpha value is -2.91. The summed E-state index contributed by atoms with van der Waals surface area (Å²) in [7, 11) is 0. The molecule has 0 atom stereocenters. The van der Waals surface area contributed by atoms with E-state index in [1.165, 1.54) is 28.8 Å². The van der Waals surface area contributed by atoms with Crippen molar-refractivity contribution in [1.82, 2.24) is 9.55 Å². The van der Waals surface area contributed by atoms with E-state index in [1.54, 1.807) is 41.2 Å². The topological polar surface area (TPSA) is 77.1 Å². The van der Waals surface area contributed by atoms with Gasteiger partial charge in [0.25, 0.3) is 5.56 Å². The molecule has 1 aliphatic rings. The van der Waals surface area contributed by atoms with Crippen LogP contribution in [0.4, 0.5) is 10.1 Å². The van der Waals surface area contributed by atoms with Crippen LogP contribution in [0, 0.1) is 12.7 Å². The average Bonchev–Trinajstić information content (AvgIpc) is 3.44. The maximum absolute atomic E-state index is 13.6. The summed E-state index contributed by atoms with van der Waals surface area (Å²) in [6, 6.07) is 7.86. The third-order valence-electron chi connectivity index (χ3n) is 5.74. The van der Waals surface area contributed by atoms with E-state index in [2.05, 4.69) is 5.32 Å². The summed E-state index contributed by atoms with van der Waals surface area (Å²) in [5.74, 6) is -0.0244. The second-order valence-corrected chi connectivity index (χ2v) is 10.1. The Morgan fingerprint density at radius 1 is 1.30 bits per heavy atom. The Labute approximate surface area is 197 Å². The number of fused-ring (bicyclic) bond motifs is 3. The van der Waals surface area contributed by atoms with Crippen molar-refractivity contribution in [3.05, 3.63) is 74.5 Å². The van der Waals surface area contributed by atoms with Gasteiger partial charge in [0.2, 0.25) is 5.91 Å². The molecule has 4 aromatic rings. The van der Waals surface area contributed by atoms with E-state index >= 15 is 0 Å². The molecule has 1 aliphatic carbocycles. The van der Waals surface area contributed by atoms with Crippen molar-refractivity contribution in [2.75, 3.05) is 11.1 Å². The lowest BCUT2D eigenvalue weighted by Gasteiger charge is -2.13. The number of halogens is 1. The molecule has 170 valence electrons. The molecule has 0 spiro atoms. The summed E-state index contributed by atoms with van der Waals surface area (Å²) in [5.41, 5.74) is 2.23. The second-order valence-electron chi connectivity index (χ2n) is 8.05. The Morgan fingerprint density at radius 3 is 2.97 bits per heavy atom. The summed E-state index contributed by atoms with van der Waals surface area (Å²) in [4.78, 5) is 32.9. The Morgan fingerprint density at radius 2 is 2.15 bits per heavy atom. The lowest BCUT2D eigenvalue weighted by molar-refractivity contribution is -0.113. The van der Waals surface area contributed by atoms with Crippen LogP contribution in [0.5, 0.6) is 0 Å². The molecule has 0 saturated heterocycles. The van der Waals surface area contributed by atoms with Crippen LogP contribution in [-0.4, -0.2) is 21.2 Å². The predicted molar refractivity (Wildman–Crippen MR) is 129 cm³/mol. The van der Waals surface area contributed by atoms with Gasteiger partial charge in [-0.05, 0) is 68.0 Å². The molecule has 0 fully saturated rings. The van der Waals surface area contributed by atoms with E-state index in [1.807, 2.05) is 6.07 Å². The van der Waals surface area contributed by atoms with E-state index in [-0.39, 0.29) is 23.8 Å². The van der Waals surface area contributed by atoms with Crippen LogP contribution in [0.2, 0.25) is 0 Å². The summed E-state index contributed by atoms with van der Waals surface area (Å²) < 4.78 is 20.6. The van der Waals surface area contributed by atoms with E-state index in [9.17, 15) is 14.0 Å². The van der Waals surface area contributed by atoms with Crippen molar-refractivity contribution in [1.29, 1.82) is 0 Å². The van der Waals surface area contributed by atoms with E-state index in [0.29, 0.717) is 22.0 Å². The Bertz CT molecular complexity index is 1390. The largest absolute Gasteiger partial charge is 0.467 e. The normalized spacial score (nSPS) is 13.3. The van der Waals surface area contributed by atoms with Crippen LogP contribution >= 0.6 is 23.1 Å². The maximum atomic E-state index is 13.6. The molecule has 0 aliphatic heterocycles. The van der Waals surface area contributed by atoms with E-state index in [0.717, 1.165) is 41.6 Å². The zero-order valence-corrected chi connectivity index (χ0v) is 19.7. The fourth-order valence-electron chi connectivity index (χ4n) is 4.07. The lowest BCUT2D eigenvalue weighted by Crippen LogP contribution is -2.25. The van der Waals surface area contributed by atoms with Gasteiger partial charge in [0.05, 0.1) is 23.9 Å². The fourth-order valence-corrected chi connectivity index (χ4v) is 6.17. The van der Waals surface area contributed by atoms with Gasteiger partial charge >= 0.3 is 0 Å². The van der Waals surface area contributed by atoms with Crippen LogP contribution in [0.15, 0.2) is 51.0 Å². The smallest absolute Gasteiger partial charge is 0.263 e. The summed E-state index contributed by atoms with van der Waals surface area (Å²) in [6.45, 7) is 2.05. The molecule has 3 heterocycles. The molecule has 1 amide bonds. The molecule has 0 unspecified atom stereocenters. The van der Waals surface area contributed by atoms with Gasteiger partial charge in [-0.3, -0.25) is 14.2 Å². The number of furan rings is 1. The lowest BCUT2D eigenvalue weighted by atomic mass is 9.97. The number of benzene rings is 1. The van der Waals surface area contributed by atoms with Gasteiger partial charge in [-0.2, -0.15) is 0 Å². The minimum Gasteiger partial charge on any atom is -0.467 e. The summed E-state index contributed by atoms with van der Waals surface area (Å²) in [5, 5.41) is 3.91. The number of hydrogen-bond acceptors (Lipinski definition) is 6. The van der Waals surface area contributed by atoms with Crippen LogP contribution in [0.3, 0.4) is 0 Å². The van der Waals surface area contributed by atoms with Gasteiger partial charge in [0, 0.05) is 10.6 Å². The van der Waals surface area contributed by atoms with Crippen molar-refractivity contribution in [2.45, 2.75) is 44.3 Å². The first-order chi connectivity index (χ1) is 16.0. The first-order valence-electron chi connectivity index (χ1n) is 10.8. The minimum absolute atomic E-state index is 0.0388. The first kappa shape index (κ1) is 21.9. The second kappa shape index (κ2) is 9.15. The molecule has 0 saturated carbocycles. The van der Waals surface area contributed by atoms with Gasteiger partial charge in [-0.25, -0.2) is 9.37 Å². The monoisotopic (exact) mass is 483 g/mol. The van der Waals surface area contributed by atoms with Crippen molar-refractivity contribution >= 4 is 44.9 Å². The molecule has 0 bridgehead atoms. The number of thioether (sulfide) groups is 1. The molecule has 3 aromatic heterocycles. The van der Waals surface area contributed by atoms with Crippen LogP contribution in [0.25, 0.3) is 10.2 Å². The van der Waals surface area contributed by atoms with Crippen molar-refractivity contribution in [2.24, 2.45) is 0 Å². The van der Waals surface area contributed by atoms with Crippen LogP contribution < -0.4 is 10.9 Å². The number of carbonyl (C=O) groups is 1. The van der Waals surface area contributed by atoms with Crippen LogP contribution in [0.1, 0.15) is 34.6 Å². The highest BCUT2D eigenvalue weighted by atomic mass is 32.2. The number of carbonyl (C=O) groups excluding carboxylic acids is 1. The molecule has 33 heavy (non-hydrogen) atoms. The number of aryl methyl sites for hydroxylation is 3. The number of aromatic nitrogens is 2. The Balaban J connectivity index is 1.46. The van der Waals surface area contributed by atoms with Gasteiger partial charge in [-0.15, -0.1) is 11.3 Å². The standard InChI is InChI=1S/C24H22FN3O3S2/c1-14-8-9-15(25)11-18(14)26-20(29)13-32-24-27-22-21(17-6-2-3-7-19(17)33-22)23(30)28(24)12-16-5-4-10-31-16/h4-5,8-11H,2-3,6-7,12-13H2,1H3,(H,26,29). The molecule has 5 rings (SSSR count). The van der Waals surface area contributed by atoms with Gasteiger partial charge < -0.3 is 9.73 Å². The Kier molecular flexibility index (Phi) is 6.07. The highest BCUT2D eigenvalue weighted by Gasteiger charge is 2.23. The SMILES string of the molecule is Cc1ccc(F)cc1NC(=O)CSc1nc2sc3c(c2c(=O)n1Cc1ccco1)CCCC3. The molecule has 6 nitrogen and oxygen atoms in total. The average molecular weight is 484 g/mol. The molecular weight excluding hydrogens is 461 g/mol. The van der Waals surface area contributed by atoms with Crippen LogP contribution in [-0.2, 0) is 24.2 Å². The van der Waals surface area contributed by atoms with Gasteiger partial charge in [0.1, 0.15) is 16.4 Å². The van der Waals surface area contributed by atoms with Gasteiger partial charge in [-0.1, -0.05) is 17.8 Å². The first-order valence-corrected chi connectivity index (χ1v) is 12.6. The molecule has 9 heteroatoms. The number of nitrogens with one attached hydrogen (secondary N) is 1. The minimum atomic E-state index is -0.412. The van der Waals surface area contributed by atoms with Crippen molar-refractivity contribution in [3.63, 3.8) is 0 Å².